The molecule has 1 aliphatic carbocycles. The fourth-order valence-electron chi connectivity index (χ4n) is 1.50. The van der Waals surface area contributed by atoms with Crippen LogP contribution in [0.2, 0.25) is 0 Å². The Kier molecular flexibility index (Phi) is 2.86. The molecule has 3 atom stereocenters. The molecule has 1 amide bonds. The number of amides is 1. The largest absolute Gasteiger partial charge is 0.465 e. The summed E-state index contributed by atoms with van der Waals surface area (Å²) in [6.07, 6.45) is -0.438. The number of nitrogens with two attached hydrogens (primary N) is 1. The van der Waals surface area contributed by atoms with Crippen molar-refractivity contribution in [3.05, 3.63) is 0 Å². The normalized spacial score (nSPS) is 36.0. The summed E-state index contributed by atoms with van der Waals surface area (Å²) in [5, 5.41) is 10.6. The van der Waals surface area contributed by atoms with Crippen LogP contribution in [0.5, 0.6) is 0 Å². The summed E-state index contributed by atoms with van der Waals surface area (Å²) in [6.45, 7) is 0. The first-order valence-corrected chi connectivity index (χ1v) is 4.00. The van der Waals surface area contributed by atoms with Crippen LogP contribution in [0.4, 0.5) is 9.18 Å². The number of carboxylic acid groups (broad SMARTS) is 1. The van der Waals surface area contributed by atoms with Crippen LogP contribution in [0.3, 0.4) is 0 Å². The first-order chi connectivity index (χ1) is 5.61. The third-order valence-corrected chi connectivity index (χ3v) is 2.19. The molecule has 1 aliphatic rings. The van der Waals surface area contributed by atoms with Gasteiger partial charge in [-0.2, -0.15) is 0 Å². The highest BCUT2D eigenvalue weighted by Gasteiger charge is 2.31. The Balaban J connectivity index is 2.46. The highest BCUT2D eigenvalue weighted by atomic mass is 19.1. The van der Waals surface area contributed by atoms with Gasteiger partial charge in [0.25, 0.3) is 0 Å². The van der Waals surface area contributed by atoms with E-state index in [0.717, 1.165) is 0 Å². The fourth-order valence-corrected chi connectivity index (χ4v) is 1.50. The highest BCUT2D eigenvalue weighted by Crippen LogP contribution is 2.20. The number of hydrogen-bond donors (Lipinski definition) is 3. The lowest BCUT2D eigenvalue weighted by Crippen LogP contribution is -2.54. The minimum atomic E-state index is -1.13. The summed E-state index contributed by atoms with van der Waals surface area (Å²) in [6, 6.07) is -1.11. The average Bonchev–Trinajstić information content (AvgIpc) is 1.98. The van der Waals surface area contributed by atoms with Crippen LogP contribution in [0.25, 0.3) is 0 Å². The molecule has 0 bridgehead atoms. The van der Waals surface area contributed by atoms with Crippen molar-refractivity contribution in [2.24, 2.45) is 5.73 Å². The van der Waals surface area contributed by atoms with E-state index in [-0.39, 0.29) is 0 Å². The van der Waals surface area contributed by atoms with Crippen LogP contribution < -0.4 is 11.1 Å². The van der Waals surface area contributed by atoms with E-state index in [9.17, 15) is 9.18 Å². The molecule has 12 heavy (non-hydrogen) atoms. The van der Waals surface area contributed by atoms with Crippen molar-refractivity contribution < 1.29 is 14.3 Å². The number of rotatable bonds is 1. The Morgan fingerprint density at radius 1 is 1.58 bits per heavy atom. The number of carbonyl (C=O) groups is 1. The summed E-state index contributed by atoms with van der Waals surface area (Å²) >= 11 is 0. The Labute approximate surface area is 69.9 Å². The third kappa shape index (κ3) is 2.07. The Morgan fingerprint density at radius 2 is 2.25 bits per heavy atom. The molecule has 0 saturated heterocycles. The van der Waals surface area contributed by atoms with E-state index in [1.165, 1.54) is 0 Å². The van der Waals surface area contributed by atoms with Crippen molar-refractivity contribution in [3.8, 4) is 0 Å². The Morgan fingerprint density at radius 3 is 2.83 bits per heavy atom. The van der Waals surface area contributed by atoms with E-state index >= 15 is 0 Å². The predicted octanol–water partition coefficient (Wildman–Crippen LogP) is 0.472. The summed E-state index contributed by atoms with van der Waals surface area (Å²) in [5.74, 6) is 0. The topological polar surface area (TPSA) is 75.3 Å². The van der Waals surface area contributed by atoms with E-state index in [1.807, 2.05) is 0 Å². The second-order valence-corrected chi connectivity index (χ2v) is 3.08. The van der Waals surface area contributed by atoms with Gasteiger partial charge in [-0.25, -0.2) is 9.18 Å². The average molecular weight is 176 g/mol. The molecular formula is C7H13FN2O2. The molecular weight excluding hydrogens is 163 g/mol. The molecule has 0 aromatic rings. The standard InChI is InChI=1S/C7H13FN2O2/c8-4-2-1-3-5(6(4)9)10-7(11)12/h4-6,10H,1-3,9H2,(H,11,12). The molecule has 5 heteroatoms. The van der Waals surface area contributed by atoms with Crippen molar-refractivity contribution in [1.29, 1.82) is 0 Å². The first-order valence-electron chi connectivity index (χ1n) is 4.00. The molecule has 1 rings (SSSR count). The molecule has 0 heterocycles. The minimum absolute atomic E-state index is 0.425. The third-order valence-electron chi connectivity index (χ3n) is 2.19. The number of hydrogen-bond acceptors (Lipinski definition) is 2. The van der Waals surface area contributed by atoms with Crippen LogP contribution in [0.1, 0.15) is 19.3 Å². The molecule has 0 spiro atoms. The van der Waals surface area contributed by atoms with Gasteiger partial charge in [-0.05, 0) is 19.3 Å². The lowest BCUT2D eigenvalue weighted by Gasteiger charge is -2.30. The van der Waals surface area contributed by atoms with Crippen molar-refractivity contribution in [2.45, 2.75) is 37.5 Å². The SMILES string of the molecule is NC1C(F)CCCC1NC(=O)O. The summed E-state index contributed by atoms with van der Waals surface area (Å²) in [7, 11) is 0. The predicted molar refractivity (Wildman–Crippen MR) is 41.7 cm³/mol. The van der Waals surface area contributed by atoms with Gasteiger partial charge in [0.2, 0.25) is 0 Å². The van der Waals surface area contributed by atoms with Gasteiger partial charge in [-0.15, -0.1) is 0 Å². The smallest absolute Gasteiger partial charge is 0.404 e. The van der Waals surface area contributed by atoms with Crippen LogP contribution in [0.15, 0.2) is 0 Å². The maximum atomic E-state index is 12.9. The number of halogens is 1. The zero-order valence-corrected chi connectivity index (χ0v) is 6.66. The molecule has 1 fully saturated rings. The van der Waals surface area contributed by atoms with E-state index in [4.69, 9.17) is 10.8 Å². The second kappa shape index (κ2) is 3.71. The van der Waals surface area contributed by atoms with Crippen molar-refractivity contribution >= 4 is 6.09 Å². The van der Waals surface area contributed by atoms with E-state index in [2.05, 4.69) is 5.32 Å². The molecule has 0 aliphatic heterocycles. The molecule has 4 nitrogen and oxygen atoms in total. The Hall–Kier alpha value is -0.840. The van der Waals surface area contributed by atoms with Gasteiger partial charge in [-0.1, -0.05) is 0 Å². The van der Waals surface area contributed by atoms with Crippen molar-refractivity contribution in [2.75, 3.05) is 0 Å². The zero-order chi connectivity index (χ0) is 9.14. The Bertz CT molecular complexity index is 177. The molecule has 0 aromatic carbocycles. The lowest BCUT2D eigenvalue weighted by molar-refractivity contribution is 0.157. The second-order valence-electron chi connectivity index (χ2n) is 3.08. The van der Waals surface area contributed by atoms with Gasteiger partial charge < -0.3 is 16.2 Å². The molecule has 70 valence electrons. The lowest BCUT2D eigenvalue weighted by atomic mass is 9.89. The van der Waals surface area contributed by atoms with Crippen molar-refractivity contribution in [3.63, 3.8) is 0 Å². The van der Waals surface area contributed by atoms with Gasteiger partial charge in [0, 0.05) is 0 Å². The molecule has 0 aromatic heterocycles. The van der Waals surface area contributed by atoms with E-state index < -0.39 is 24.3 Å². The minimum Gasteiger partial charge on any atom is -0.465 e. The first kappa shape index (κ1) is 9.25. The van der Waals surface area contributed by atoms with E-state index in [1.54, 1.807) is 0 Å². The van der Waals surface area contributed by atoms with Gasteiger partial charge >= 0.3 is 6.09 Å². The molecule has 0 radical (unpaired) electrons. The molecule has 1 saturated carbocycles. The quantitative estimate of drug-likeness (QED) is 0.543. The van der Waals surface area contributed by atoms with Crippen LogP contribution >= 0.6 is 0 Å². The van der Waals surface area contributed by atoms with Crippen LogP contribution in [-0.4, -0.2) is 29.5 Å². The summed E-state index contributed by atoms with van der Waals surface area (Å²) < 4.78 is 12.9. The number of alkyl halides is 1. The van der Waals surface area contributed by atoms with Crippen LogP contribution in [-0.2, 0) is 0 Å². The molecule has 3 unspecified atom stereocenters. The summed E-state index contributed by atoms with van der Waals surface area (Å²) in [4.78, 5) is 10.2. The molecule has 4 N–H and O–H groups in total. The van der Waals surface area contributed by atoms with Gasteiger partial charge in [0.15, 0.2) is 0 Å². The van der Waals surface area contributed by atoms with Gasteiger partial charge in [-0.3, -0.25) is 0 Å². The van der Waals surface area contributed by atoms with Crippen molar-refractivity contribution in [1.82, 2.24) is 5.32 Å². The maximum Gasteiger partial charge on any atom is 0.404 e. The van der Waals surface area contributed by atoms with E-state index in [0.29, 0.717) is 19.3 Å². The van der Waals surface area contributed by atoms with Crippen LogP contribution in [0, 0.1) is 0 Å². The monoisotopic (exact) mass is 176 g/mol. The maximum absolute atomic E-state index is 12.9. The van der Waals surface area contributed by atoms with Gasteiger partial charge in [0.1, 0.15) is 6.17 Å². The number of nitrogens with one attached hydrogen (secondary N) is 1. The van der Waals surface area contributed by atoms with Gasteiger partial charge in [0.05, 0.1) is 12.1 Å². The fraction of sp³-hybridized carbons (Fsp3) is 0.857. The zero-order valence-electron chi connectivity index (χ0n) is 6.66. The summed E-state index contributed by atoms with van der Waals surface area (Å²) in [5.41, 5.74) is 5.47. The highest BCUT2D eigenvalue weighted by molar-refractivity contribution is 5.65.